The molecule has 0 aromatic heterocycles. The van der Waals surface area contributed by atoms with Crippen molar-refractivity contribution >= 4 is 35.8 Å². The van der Waals surface area contributed by atoms with Gasteiger partial charge in [0.2, 0.25) is 0 Å². The van der Waals surface area contributed by atoms with E-state index in [9.17, 15) is 24.0 Å². The van der Waals surface area contributed by atoms with Crippen molar-refractivity contribution in [1.29, 1.82) is 0 Å². The highest BCUT2D eigenvalue weighted by Gasteiger charge is 2.40. The monoisotopic (exact) mass is 418 g/mol. The summed E-state index contributed by atoms with van der Waals surface area (Å²) in [7, 11) is 0. The summed E-state index contributed by atoms with van der Waals surface area (Å²) in [6.07, 6.45) is -6.82. The SMILES string of the molecule is O=C(O)C(O)C(O)C(=O)O.O=C(O)CC(O)(CC(=O)O)C(=O)O.O=C(O)CO. The quantitative estimate of drug-likeness (QED) is 0.169. The van der Waals surface area contributed by atoms with Crippen LogP contribution in [0, 0.1) is 0 Å². The Morgan fingerprint density at radius 2 is 0.893 bits per heavy atom. The van der Waals surface area contributed by atoms with Gasteiger partial charge < -0.3 is 51.1 Å². The Labute approximate surface area is 154 Å². The molecule has 10 N–H and O–H groups in total. The normalized spacial score (nSPS) is 12.0. The molecule has 0 spiro atoms. The molecule has 2 unspecified atom stereocenters. The van der Waals surface area contributed by atoms with E-state index in [1.165, 1.54) is 0 Å². The van der Waals surface area contributed by atoms with Crippen LogP contribution in [0.5, 0.6) is 0 Å². The Morgan fingerprint density at radius 3 is 1.00 bits per heavy atom. The Hall–Kier alpha value is -3.34. The van der Waals surface area contributed by atoms with Gasteiger partial charge in [-0.2, -0.15) is 0 Å². The van der Waals surface area contributed by atoms with Gasteiger partial charge in [-0.05, 0) is 0 Å². The molecular formula is C12H18O16. The standard InChI is InChI=1S/C6H8O7.C4H6O6.C2H4O3/c7-3(8)1-6(13,5(11)12)2-4(9)10;5-1(3(7)8)2(6)4(9)10;3-1-2(4)5/h13H,1-2H2,(H,7,8)(H,9,10)(H,11,12);1-2,5-6H,(H,7,8)(H,9,10);3H,1H2,(H,4,5). The molecule has 0 rings (SSSR count). The molecule has 162 valence electrons. The van der Waals surface area contributed by atoms with Gasteiger partial charge in [0.1, 0.15) is 6.61 Å². The first kappa shape index (κ1) is 29.4. The van der Waals surface area contributed by atoms with Gasteiger partial charge in [-0.15, -0.1) is 0 Å². The van der Waals surface area contributed by atoms with Gasteiger partial charge in [0.15, 0.2) is 17.8 Å². The average molecular weight is 418 g/mol. The molecule has 0 aromatic carbocycles. The third kappa shape index (κ3) is 15.0. The van der Waals surface area contributed by atoms with Crippen LogP contribution in [0.1, 0.15) is 12.8 Å². The van der Waals surface area contributed by atoms with Crippen LogP contribution in [0.25, 0.3) is 0 Å². The highest BCUT2D eigenvalue weighted by atomic mass is 16.4. The van der Waals surface area contributed by atoms with Crippen molar-refractivity contribution in [2.24, 2.45) is 0 Å². The minimum Gasteiger partial charge on any atom is -0.481 e. The van der Waals surface area contributed by atoms with Crippen LogP contribution in [0.15, 0.2) is 0 Å². The predicted molar refractivity (Wildman–Crippen MR) is 79.1 cm³/mol. The van der Waals surface area contributed by atoms with Gasteiger partial charge >= 0.3 is 35.8 Å². The molecule has 2 atom stereocenters. The van der Waals surface area contributed by atoms with Crippen molar-refractivity contribution in [1.82, 2.24) is 0 Å². The highest BCUT2D eigenvalue weighted by Crippen LogP contribution is 2.15. The number of carbonyl (C=O) groups is 6. The second-order valence-electron chi connectivity index (χ2n) is 4.60. The number of hydrogen-bond donors (Lipinski definition) is 10. The number of aliphatic hydroxyl groups excluding tert-OH is 3. The summed E-state index contributed by atoms with van der Waals surface area (Å²) in [5.41, 5.74) is -2.74. The molecule has 0 radical (unpaired) electrons. The molecule has 0 aliphatic carbocycles. The first-order valence-electron chi connectivity index (χ1n) is 6.55. The van der Waals surface area contributed by atoms with E-state index in [2.05, 4.69) is 0 Å². The molecule has 0 saturated carbocycles. The lowest BCUT2D eigenvalue weighted by Gasteiger charge is -2.18. The van der Waals surface area contributed by atoms with E-state index in [0.29, 0.717) is 0 Å². The zero-order valence-electron chi connectivity index (χ0n) is 13.7. The van der Waals surface area contributed by atoms with Crippen LogP contribution < -0.4 is 0 Å². The van der Waals surface area contributed by atoms with Crippen molar-refractivity contribution in [3.8, 4) is 0 Å². The fourth-order valence-corrected chi connectivity index (χ4v) is 0.984. The fraction of sp³-hybridized carbons (Fsp3) is 0.500. The maximum atomic E-state index is 10.3. The molecule has 16 nitrogen and oxygen atoms in total. The average Bonchev–Trinajstić information content (AvgIpc) is 2.52. The fourth-order valence-electron chi connectivity index (χ4n) is 0.984. The van der Waals surface area contributed by atoms with Crippen molar-refractivity contribution in [2.75, 3.05) is 6.61 Å². The lowest BCUT2D eigenvalue weighted by molar-refractivity contribution is -0.170. The Morgan fingerprint density at radius 1 is 0.643 bits per heavy atom. The lowest BCUT2D eigenvalue weighted by atomic mass is 9.96. The second-order valence-corrected chi connectivity index (χ2v) is 4.60. The predicted octanol–water partition coefficient (Wildman–Crippen LogP) is -4.31. The van der Waals surface area contributed by atoms with E-state index in [4.69, 9.17) is 55.9 Å². The van der Waals surface area contributed by atoms with E-state index in [1.54, 1.807) is 0 Å². The van der Waals surface area contributed by atoms with Gasteiger partial charge in [0.25, 0.3) is 0 Å². The summed E-state index contributed by atoms with van der Waals surface area (Å²) >= 11 is 0. The van der Waals surface area contributed by atoms with Gasteiger partial charge in [-0.3, -0.25) is 9.59 Å². The molecule has 0 aromatic rings. The van der Waals surface area contributed by atoms with Crippen molar-refractivity contribution in [3.63, 3.8) is 0 Å². The van der Waals surface area contributed by atoms with E-state index < -0.39 is 73.1 Å². The molecule has 0 amide bonds. The molecule has 0 heterocycles. The topological polar surface area (TPSA) is 305 Å². The van der Waals surface area contributed by atoms with Crippen LogP contribution in [0.4, 0.5) is 0 Å². The summed E-state index contributed by atoms with van der Waals surface area (Å²) in [5.74, 6) is -9.75. The van der Waals surface area contributed by atoms with E-state index >= 15 is 0 Å². The minimum absolute atomic E-state index is 0.778. The van der Waals surface area contributed by atoms with Crippen molar-refractivity contribution in [2.45, 2.75) is 30.7 Å². The number of hydrogen-bond acceptors (Lipinski definition) is 10. The summed E-state index contributed by atoms with van der Waals surface area (Å²) < 4.78 is 0. The Bertz CT molecular complexity index is 546. The Kier molecular flexibility index (Phi) is 14.5. The number of aliphatic carboxylic acids is 6. The van der Waals surface area contributed by atoms with Crippen LogP contribution in [0.3, 0.4) is 0 Å². The summed E-state index contributed by atoms with van der Waals surface area (Å²) in [6.45, 7) is -0.778. The van der Waals surface area contributed by atoms with Crippen LogP contribution >= 0.6 is 0 Å². The maximum Gasteiger partial charge on any atom is 0.336 e. The number of carboxylic acids is 6. The summed E-state index contributed by atoms with van der Waals surface area (Å²) in [6, 6.07) is 0. The Balaban J connectivity index is -0.000000368. The van der Waals surface area contributed by atoms with Gasteiger partial charge in [0, 0.05) is 0 Å². The first-order chi connectivity index (χ1) is 12.5. The zero-order chi connectivity index (χ0) is 23.2. The van der Waals surface area contributed by atoms with E-state index in [0.717, 1.165) is 0 Å². The van der Waals surface area contributed by atoms with Crippen LogP contribution in [-0.2, 0) is 28.8 Å². The number of rotatable bonds is 9. The van der Waals surface area contributed by atoms with Gasteiger partial charge in [-0.25, -0.2) is 19.2 Å². The first-order valence-corrected chi connectivity index (χ1v) is 6.55. The molecule has 0 saturated heterocycles. The third-order valence-electron chi connectivity index (χ3n) is 2.23. The summed E-state index contributed by atoms with van der Waals surface area (Å²) in [4.78, 5) is 59.1. The van der Waals surface area contributed by atoms with Gasteiger partial charge in [-0.1, -0.05) is 0 Å². The van der Waals surface area contributed by atoms with E-state index in [-0.39, 0.29) is 0 Å². The minimum atomic E-state index is -2.74. The smallest absolute Gasteiger partial charge is 0.336 e. The summed E-state index contributed by atoms with van der Waals surface area (Å²) in [5, 5.41) is 81.4. The van der Waals surface area contributed by atoms with Crippen molar-refractivity contribution in [3.05, 3.63) is 0 Å². The molecule has 0 aliphatic rings. The molecule has 28 heavy (non-hydrogen) atoms. The molecule has 16 heteroatoms. The molecule has 0 fully saturated rings. The molecule has 0 aliphatic heterocycles. The van der Waals surface area contributed by atoms with Gasteiger partial charge in [0.05, 0.1) is 12.8 Å². The largest absolute Gasteiger partial charge is 0.481 e. The maximum absolute atomic E-state index is 10.3. The molecule has 0 bridgehead atoms. The third-order valence-corrected chi connectivity index (χ3v) is 2.23. The highest BCUT2D eigenvalue weighted by molar-refractivity contribution is 5.88. The van der Waals surface area contributed by atoms with E-state index in [1.807, 2.05) is 0 Å². The van der Waals surface area contributed by atoms with Crippen LogP contribution in [-0.4, -0.2) is 111 Å². The molecular weight excluding hydrogens is 400 g/mol. The lowest BCUT2D eigenvalue weighted by Crippen LogP contribution is -2.42. The number of carboxylic acid groups (broad SMARTS) is 6. The second kappa shape index (κ2) is 13.8. The zero-order valence-corrected chi connectivity index (χ0v) is 13.7. The van der Waals surface area contributed by atoms with Crippen molar-refractivity contribution < 1.29 is 79.8 Å². The van der Waals surface area contributed by atoms with Crippen LogP contribution in [0.2, 0.25) is 0 Å². The number of aliphatic hydroxyl groups is 4.